The van der Waals surface area contributed by atoms with Gasteiger partial charge in [-0.1, -0.05) is 12.5 Å². The Morgan fingerprint density at radius 1 is 1.43 bits per heavy atom. The topological polar surface area (TPSA) is 49.3 Å². The van der Waals surface area contributed by atoms with Crippen LogP contribution in [0.3, 0.4) is 0 Å². The van der Waals surface area contributed by atoms with Crippen LogP contribution in [0.4, 0.5) is 0 Å². The van der Waals surface area contributed by atoms with Crippen LogP contribution in [0.1, 0.15) is 32.1 Å². The molecule has 0 bridgehead atoms. The number of aliphatic carboxylic acids is 1. The monoisotopic (exact) mass is 195 g/mol. The fourth-order valence-electron chi connectivity index (χ4n) is 2.56. The molecular weight excluding hydrogens is 178 g/mol. The molecule has 0 aromatic rings. The van der Waals surface area contributed by atoms with Crippen molar-refractivity contribution in [2.75, 3.05) is 13.1 Å². The van der Waals surface area contributed by atoms with Gasteiger partial charge in [0.25, 0.3) is 0 Å². The zero-order valence-corrected chi connectivity index (χ0v) is 8.38. The second-order valence-corrected chi connectivity index (χ2v) is 4.47. The van der Waals surface area contributed by atoms with Gasteiger partial charge in [-0.05, 0) is 32.2 Å². The quantitative estimate of drug-likeness (QED) is 0.667. The maximum Gasteiger partial charge on any atom is 0.331 e. The Balaban J connectivity index is 2.12. The van der Waals surface area contributed by atoms with Crippen molar-refractivity contribution in [3.8, 4) is 0 Å². The Morgan fingerprint density at radius 3 is 3.00 bits per heavy atom. The summed E-state index contributed by atoms with van der Waals surface area (Å²) in [6, 6.07) is 0. The molecule has 2 aliphatic rings. The minimum absolute atomic E-state index is 0.157. The Morgan fingerprint density at radius 2 is 2.29 bits per heavy atom. The van der Waals surface area contributed by atoms with E-state index in [1.165, 1.54) is 12.8 Å². The van der Waals surface area contributed by atoms with Crippen LogP contribution in [0.5, 0.6) is 0 Å². The first-order valence-electron chi connectivity index (χ1n) is 5.38. The largest absolute Gasteiger partial charge is 0.478 e. The van der Waals surface area contributed by atoms with E-state index in [4.69, 9.17) is 5.11 Å². The Bertz CT molecular complexity index is 262. The molecule has 1 atom stereocenters. The predicted octanol–water partition coefficient (Wildman–Crippen LogP) is 1.55. The van der Waals surface area contributed by atoms with E-state index >= 15 is 0 Å². The lowest BCUT2D eigenvalue weighted by Crippen LogP contribution is -2.29. The van der Waals surface area contributed by atoms with Gasteiger partial charge >= 0.3 is 5.97 Å². The molecule has 1 aliphatic heterocycles. The third-order valence-electron chi connectivity index (χ3n) is 3.40. The highest BCUT2D eigenvalue weighted by molar-refractivity contribution is 5.87. The summed E-state index contributed by atoms with van der Waals surface area (Å²) in [6.07, 6.45) is 7.36. The first-order valence-corrected chi connectivity index (χ1v) is 5.38. The summed E-state index contributed by atoms with van der Waals surface area (Å²) in [5, 5.41) is 12.3. The van der Waals surface area contributed by atoms with E-state index in [1.54, 1.807) is 0 Å². The zero-order valence-electron chi connectivity index (χ0n) is 8.38. The molecular formula is C11H17NO2. The molecule has 0 aromatic heterocycles. The molecule has 0 aromatic carbocycles. The average Bonchev–Trinajstić information content (AvgIpc) is 2.41. The van der Waals surface area contributed by atoms with Gasteiger partial charge in [0.1, 0.15) is 0 Å². The lowest BCUT2D eigenvalue weighted by Gasteiger charge is -2.24. The number of carboxylic acid groups (broad SMARTS) is 1. The molecule has 78 valence electrons. The predicted molar refractivity (Wildman–Crippen MR) is 54.1 cm³/mol. The Kier molecular flexibility index (Phi) is 2.59. The van der Waals surface area contributed by atoms with Gasteiger partial charge in [-0.25, -0.2) is 4.79 Å². The number of hydrogen-bond donors (Lipinski definition) is 2. The van der Waals surface area contributed by atoms with E-state index in [-0.39, 0.29) is 5.41 Å². The Hall–Kier alpha value is -0.830. The van der Waals surface area contributed by atoms with E-state index in [0.29, 0.717) is 5.57 Å². The number of rotatable bonds is 1. The molecule has 3 nitrogen and oxygen atoms in total. The highest BCUT2D eigenvalue weighted by Crippen LogP contribution is 2.40. The third kappa shape index (κ3) is 1.82. The van der Waals surface area contributed by atoms with Crippen molar-refractivity contribution in [1.82, 2.24) is 5.32 Å². The molecule has 2 N–H and O–H groups in total. The van der Waals surface area contributed by atoms with E-state index in [0.717, 1.165) is 32.4 Å². The number of carbonyl (C=O) groups is 1. The highest BCUT2D eigenvalue weighted by Gasteiger charge is 2.35. The molecule has 0 radical (unpaired) electrons. The molecule has 1 aliphatic carbocycles. The lowest BCUT2D eigenvalue weighted by molar-refractivity contribution is -0.132. The van der Waals surface area contributed by atoms with Gasteiger partial charge in [0, 0.05) is 17.5 Å². The van der Waals surface area contributed by atoms with Crippen molar-refractivity contribution < 1.29 is 9.90 Å². The number of nitrogens with one attached hydrogen (secondary N) is 1. The van der Waals surface area contributed by atoms with E-state index in [2.05, 4.69) is 5.32 Å². The van der Waals surface area contributed by atoms with Crippen molar-refractivity contribution in [2.24, 2.45) is 5.41 Å². The summed E-state index contributed by atoms with van der Waals surface area (Å²) in [6.45, 7) is 2.04. The summed E-state index contributed by atoms with van der Waals surface area (Å²) in [5.74, 6) is -0.730. The maximum absolute atomic E-state index is 10.8. The van der Waals surface area contributed by atoms with Crippen LogP contribution in [-0.4, -0.2) is 24.2 Å². The van der Waals surface area contributed by atoms with Crippen LogP contribution < -0.4 is 5.32 Å². The summed E-state index contributed by atoms with van der Waals surface area (Å²) in [4.78, 5) is 10.8. The second-order valence-electron chi connectivity index (χ2n) is 4.47. The van der Waals surface area contributed by atoms with Gasteiger partial charge < -0.3 is 10.4 Å². The van der Waals surface area contributed by atoms with Crippen LogP contribution in [-0.2, 0) is 4.79 Å². The summed E-state index contributed by atoms with van der Waals surface area (Å²) < 4.78 is 0. The molecule has 1 spiro atoms. The van der Waals surface area contributed by atoms with Crippen LogP contribution in [0.15, 0.2) is 11.6 Å². The van der Waals surface area contributed by atoms with E-state index in [9.17, 15) is 4.79 Å². The molecule has 0 saturated carbocycles. The van der Waals surface area contributed by atoms with Gasteiger partial charge in [-0.2, -0.15) is 0 Å². The van der Waals surface area contributed by atoms with Gasteiger partial charge in [0.2, 0.25) is 0 Å². The first-order chi connectivity index (χ1) is 6.72. The minimum Gasteiger partial charge on any atom is -0.478 e. The molecule has 1 heterocycles. The normalized spacial score (nSPS) is 32.7. The molecule has 14 heavy (non-hydrogen) atoms. The SMILES string of the molecule is O=C(O)C1=CC2(CCCCNC2)CC1. The van der Waals surface area contributed by atoms with Gasteiger partial charge in [-0.3, -0.25) is 0 Å². The van der Waals surface area contributed by atoms with E-state index in [1.807, 2.05) is 6.08 Å². The summed E-state index contributed by atoms with van der Waals surface area (Å²) >= 11 is 0. The van der Waals surface area contributed by atoms with E-state index < -0.39 is 5.97 Å². The van der Waals surface area contributed by atoms with Crippen LogP contribution in [0, 0.1) is 5.41 Å². The van der Waals surface area contributed by atoms with Gasteiger partial charge in [0.15, 0.2) is 0 Å². The zero-order chi connectivity index (χ0) is 10.0. The Labute approximate surface area is 84.2 Å². The van der Waals surface area contributed by atoms with Gasteiger partial charge in [-0.15, -0.1) is 0 Å². The number of carboxylic acids is 1. The van der Waals surface area contributed by atoms with Gasteiger partial charge in [0.05, 0.1) is 0 Å². The summed E-state index contributed by atoms with van der Waals surface area (Å²) in [5.41, 5.74) is 0.776. The standard InChI is InChI=1S/C11H17NO2/c13-10(14)9-3-5-11(7-9)4-1-2-6-12-8-11/h7,12H,1-6,8H2,(H,13,14). The highest BCUT2D eigenvalue weighted by atomic mass is 16.4. The molecule has 1 fully saturated rings. The van der Waals surface area contributed by atoms with Crippen LogP contribution >= 0.6 is 0 Å². The minimum atomic E-state index is -0.730. The fraction of sp³-hybridized carbons (Fsp3) is 0.727. The summed E-state index contributed by atoms with van der Waals surface area (Å²) in [7, 11) is 0. The molecule has 1 saturated heterocycles. The van der Waals surface area contributed by atoms with Crippen molar-refractivity contribution >= 4 is 5.97 Å². The smallest absolute Gasteiger partial charge is 0.331 e. The lowest BCUT2D eigenvalue weighted by atomic mass is 9.83. The van der Waals surface area contributed by atoms with Crippen molar-refractivity contribution in [1.29, 1.82) is 0 Å². The number of hydrogen-bond acceptors (Lipinski definition) is 2. The van der Waals surface area contributed by atoms with Crippen molar-refractivity contribution in [2.45, 2.75) is 32.1 Å². The second kappa shape index (κ2) is 3.73. The third-order valence-corrected chi connectivity index (χ3v) is 3.40. The molecule has 2 rings (SSSR count). The van der Waals surface area contributed by atoms with Crippen molar-refractivity contribution in [3.05, 3.63) is 11.6 Å². The molecule has 3 heteroatoms. The fourth-order valence-corrected chi connectivity index (χ4v) is 2.56. The maximum atomic E-state index is 10.8. The first kappa shape index (κ1) is 9.71. The molecule has 0 amide bonds. The van der Waals surface area contributed by atoms with Crippen LogP contribution in [0.25, 0.3) is 0 Å². The molecule has 1 unspecified atom stereocenters. The average molecular weight is 195 g/mol. The van der Waals surface area contributed by atoms with Crippen LogP contribution in [0.2, 0.25) is 0 Å². The van der Waals surface area contributed by atoms with Crippen molar-refractivity contribution in [3.63, 3.8) is 0 Å².